The van der Waals surface area contributed by atoms with Crippen molar-refractivity contribution >= 4 is 21.6 Å². The average molecular weight is 539 g/mol. The number of methoxy groups -OCH3 is 2. The third-order valence-electron chi connectivity index (χ3n) is 6.74. The van der Waals surface area contributed by atoms with Gasteiger partial charge in [0.2, 0.25) is 0 Å². The Morgan fingerprint density at radius 1 is 1.00 bits per heavy atom. The minimum Gasteiger partial charge on any atom is -0.497 e. The summed E-state index contributed by atoms with van der Waals surface area (Å²) < 4.78 is 45.2. The maximum atomic E-state index is 13.7. The van der Waals surface area contributed by atoms with Crippen LogP contribution in [0.5, 0.6) is 17.2 Å². The van der Waals surface area contributed by atoms with Crippen LogP contribution in [0, 0.1) is 6.92 Å². The van der Waals surface area contributed by atoms with E-state index in [0.29, 0.717) is 17.2 Å². The van der Waals surface area contributed by atoms with Gasteiger partial charge in [0.25, 0.3) is 15.9 Å². The van der Waals surface area contributed by atoms with Crippen LogP contribution >= 0.6 is 0 Å². The summed E-state index contributed by atoms with van der Waals surface area (Å²) in [7, 11) is -0.808. The predicted molar refractivity (Wildman–Crippen MR) is 147 cm³/mol. The zero-order valence-electron chi connectivity index (χ0n) is 22.5. The molecule has 0 aliphatic carbocycles. The quantitative estimate of drug-likeness (QED) is 0.435. The zero-order chi connectivity index (χ0) is 27.6. The van der Waals surface area contributed by atoms with Crippen molar-refractivity contribution in [3.05, 3.63) is 77.4 Å². The molecule has 0 spiro atoms. The van der Waals surface area contributed by atoms with E-state index in [4.69, 9.17) is 14.2 Å². The number of para-hydroxylation sites is 2. The molecular weight excluding hydrogens is 504 g/mol. The zero-order valence-corrected chi connectivity index (χ0v) is 23.3. The van der Waals surface area contributed by atoms with E-state index >= 15 is 0 Å². The molecule has 3 aromatic carbocycles. The monoisotopic (exact) mass is 538 g/mol. The number of fused-ring (bicyclic) bond motifs is 1. The summed E-state index contributed by atoms with van der Waals surface area (Å²) in [4.78, 5) is 13.5. The first-order valence-electron chi connectivity index (χ1n) is 12.5. The summed E-state index contributed by atoms with van der Waals surface area (Å²) in [6.07, 6.45) is -1.04. The van der Waals surface area contributed by atoms with E-state index in [1.54, 1.807) is 43.5 Å². The number of benzene rings is 3. The topological polar surface area (TPSA) is 94.2 Å². The third-order valence-corrected chi connectivity index (χ3v) is 8.53. The molecule has 1 aliphatic rings. The van der Waals surface area contributed by atoms with Crippen molar-refractivity contribution in [2.24, 2.45) is 0 Å². The van der Waals surface area contributed by atoms with Gasteiger partial charge in [-0.3, -0.25) is 9.10 Å². The normalized spacial score (nSPS) is 15.9. The van der Waals surface area contributed by atoms with E-state index in [-0.39, 0.29) is 23.4 Å². The molecule has 8 nitrogen and oxygen atoms in total. The number of carbonyl (C=O) groups excluding carboxylic acids is 1. The Balaban J connectivity index is 1.61. The lowest BCUT2D eigenvalue weighted by atomic mass is 9.93. The van der Waals surface area contributed by atoms with Crippen molar-refractivity contribution in [2.75, 3.05) is 25.1 Å². The highest BCUT2D eigenvalue weighted by atomic mass is 32.2. The molecule has 38 heavy (non-hydrogen) atoms. The second-order valence-electron chi connectivity index (χ2n) is 9.62. The van der Waals surface area contributed by atoms with Gasteiger partial charge in [-0.25, -0.2) is 8.42 Å². The van der Waals surface area contributed by atoms with Gasteiger partial charge in [-0.1, -0.05) is 26.0 Å². The number of ether oxygens (including phenoxy) is 3. The van der Waals surface area contributed by atoms with Crippen LogP contribution in [0.2, 0.25) is 0 Å². The van der Waals surface area contributed by atoms with Crippen molar-refractivity contribution in [1.82, 2.24) is 5.32 Å². The molecule has 0 radical (unpaired) electrons. The van der Waals surface area contributed by atoms with Gasteiger partial charge in [0.05, 0.1) is 37.4 Å². The first kappa shape index (κ1) is 27.3. The molecule has 3 aromatic rings. The Labute approximate surface area is 224 Å². The Hall–Kier alpha value is -3.72. The van der Waals surface area contributed by atoms with Gasteiger partial charge in [0.15, 0.2) is 6.10 Å². The molecule has 2 atom stereocenters. The summed E-state index contributed by atoms with van der Waals surface area (Å²) in [6.45, 7) is 7.89. The van der Waals surface area contributed by atoms with E-state index in [1.165, 1.54) is 23.5 Å². The number of amides is 1. The van der Waals surface area contributed by atoms with Gasteiger partial charge in [-0.05, 0) is 85.0 Å². The number of sulfonamides is 1. The molecule has 0 unspecified atom stereocenters. The second-order valence-corrected chi connectivity index (χ2v) is 11.5. The maximum absolute atomic E-state index is 13.7. The van der Waals surface area contributed by atoms with E-state index < -0.39 is 22.0 Å². The molecular formula is C29H34N2O6S. The van der Waals surface area contributed by atoms with Gasteiger partial charge in [-0.15, -0.1) is 0 Å². The van der Waals surface area contributed by atoms with E-state index in [0.717, 1.165) is 22.4 Å². The average Bonchev–Trinajstić information content (AvgIpc) is 2.91. The summed E-state index contributed by atoms with van der Waals surface area (Å²) in [5, 5.41) is 3.03. The Kier molecular flexibility index (Phi) is 7.87. The first-order chi connectivity index (χ1) is 18.1. The molecule has 1 aliphatic heterocycles. The molecule has 0 saturated carbocycles. The van der Waals surface area contributed by atoms with Crippen LogP contribution in [-0.2, 0) is 14.8 Å². The second kappa shape index (κ2) is 10.9. The van der Waals surface area contributed by atoms with Gasteiger partial charge >= 0.3 is 0 Å². The number of carbonyl (C=O) groups is 1. The van der Waals surface area contributed by atoms with E-state index in [9.17, 15) is 13.2 Å². The lowest BCUT2D eigenvalue weighted by Crippen LogP contribution is -2.51. The van der Waals surface area contributed by atoms with Crippen molar-refractivity contribution in [2.45, 2.75) is 50.7 Å². The molecule has 1 N–H and O–H groups in total. The number of hydrogen-bond donors (Lipinski definition) is 1. The van der Waals surface area contributed by atoms with Crippen LogP contribution in [-0.4, -0.2) is 41.2 Å². The van der Waals surface area contributed by atoms with Crippen LogP contribution in [0.1, 0.15) is 49.4 Å². The minimum absolute atomic E-state index is 0.0950. The van der Waals surface area contributed by atoms with Gasteiger partial charge in [-0.2, -0.15) is 0 Å². The van der Waals surface area contributed by atoms with E-state index in [2.05, 4.69) is 25.2 Å². The summed E-state index contributed by atoms with van der Waals surface area (Å²) in [5.41, 5.74) is 3.38. The third kappa shape index (κ3) is 5.29. The van der Waals surface area contributed by atoms with Gasteiger partial charge in [0.1, 0.15) is 17.2 Å². The fourth-order valence-corrected chi connectivity index (χ4v) is 6.11. The summed E-state index contributed by atoms with van der Waals surface area (Å²) in [5.74, 6) is 1.52. The highest BCUT2D eigenvalue weighted by Crippen LogP contribution is 2.37. The van der Waals surface area contributed by atoms with Crippen LogP contribution < -0.4 is 23.8 Å². The molecule has 4 rings (SSSR count). The van der Waals surface area contributed by atoms with Crippen LogP contribution in [0.4, 0.5) is 5.69 Å². The smallest absolute Gasteiger partial charge is 0.264 e. The Morgan fingerprint density at radius 3 is 2.32 bits per heavy atom. The lowest BCUT2D eigenvalue weighted by molar-refractivity contribution is -0.128. The van der Waals surface area contributed by atoms with Gasteiger partial charge < -0.3 is 19.5 Å². The number of nitrogens with one attached hydrogen (secondary N) is 1. The standard InChI is InChI=1S/C29H34N2O6S/c1-18(2)23-16-24(19(3)15-27(23)36-6)20(4)30-29(32)28-17-31(25-9-7-8-10-26(25)37-28)38(33,34)22-13-11-21(35-5)12-14-22/h7-16,18,20,28H,17H2,1-6H3,(H,30,32)/t20-,28+/m1/s1. The fraction of sp³-hybridized carbons (Fsp3) is 0.345. The maximum Gasteiger partial charge on any atom is 0.264 e. The molecule has 1 amide bonds. The van der Waals surface area contributed by atoms with Crippen molar-refractivity contribution in [3.63, 3.8) is 0 Å². The molecule has 202 valence electrons. The molecule has 0 aromatic heterocycles. The molecule has 0 bridgehead atoms. The predicted octanol–water partition coefficient (Wildman–Crippen LogP) is 4.97. The first-order valence-corrected chi connectivity index (χ1v) is 13.9. The Morgan fingerprint density at radius 2 is 1.68 bits per heavy atom. The lowest BCUT2D eigenvalue weighted by Gasteiger charge is -2.35. The molecule has 0 fully saturated rings. The fourth-order valence-electron chi connectivity index (χ4n) is 4.64. The van der Waals surface area contributed by atoms with E-state index in [1.807, 2.05) is 19.9 Å². The number of hydrogen-bond acceptors (Lipinski definition) is 6. The minimum atomic E-state index is -3.97. The largest absolute Gasteiger partial charge is 0.497 e. The molecule has 0 saturated heterocycles. The molecule has 9 heteroatoms. The van der Waals surface area contributed by atoms with Crippen LogP contribution in [0.15, 0.2) is 65.6 Å². The number of nitrogens with zero attached hydrogens (tertiary/aromatic N) is 1. The number of anilines is 1. The van der Waals surface area contributed by atoms with Gasteiger partial charge in [0, 0.05) is 0 Å². The number of rotatable bonds is 8. The van der Waals surface area contributed by atoms with Crippen molar-refractivity contribution in [1.29, 1.82) is 0 Å². The van der Waals surface area contributed by atoms with Crippen LogP contribution in [0.25, 0.3) is 0 Å². The van der Waals surface area contributed by atoms with Crippen molar-refractivity contribution < 1.29 is 27.4 Å². The number of aryl methyl sites for hydroxylation is 1. The highest BCUT2D eigenvalue weighted by Gasteiger charge is 2.38. The Bertz CT molecular complexity index is 1420. The van der Waals surface area contributed by atoms with Crippen LogP contribution in [0.3, 0.4) is 0 Å². The summed E-state index contributed by atoms with van der Waals surface area (Å²) >= 11 is 0. The highest BCUT2D eigenvalue weighted by molar-refractivity contribution is 7.92. The SMILES string of the molecule is COc1ccc(S(=O)(=O)N2C[C@@H](C(=O)N[C@H](C)c3cc(C(C)C)c(OC)cc3C)Oc3ccccc32)cc1. The van der Waals surface area contributed by atoms with Crippen molar-refractivity contribution in [3.8, 4) is 17.2 Å². The molecule has 1 heterocycles. The summed E-state index contributed by atoms with van der Waals surface area (Å²) in [6, 6.07) is 16.7.